The van der Waals surface area contributed by atoms with Crippen molar-refractivity contribution in [1.29, 1.82) is 0 Å². The average molecular weight is 338 g/mol. The second kappa shape index (κ2) is 6.09. The van der Waals surface area contributed by atoms with E-state index in [0.717, 1.165) is 6.07 Å². The Morgan fingerprint density at radius 2 is 2.09 bits per heavy atom. The van der Waals surface area contributed by atoms with Crippen molar-refractivity contribution in [2.24, 2.45) is 11.8 Å². The monoisotopic (exact) mass is 337 g/mol. The molecule has 6 nitrogen and oxygen atoms in total. The van der Waals surface area contributed by atoms with Gasteiger partial charge in [0.1, 0.15) is 0 Å². The molecule has 1 aromatic rings. The Morgan fingerprint density at radius 1 is 1.41 bits per heavy atom. The minimum atomic E-state index is -4.53. The summed E-state index contributed by atoms with van der Waals surface area (Å²) in [5.41, 5.74) is 3.90. The fraction of sp³-hybridized carbons (Fsp3) is 0.417. The molecular weight excluding hydrogens is 327 g/mol. The lowest BCUT2D eigenvalue weighted by molar-refractivity contribution is -0.140. The Kier molecular flexibility index (Phi) is 4.57. The number of carbonyl (C=O) groups is 2. The van der Waals surface area contributed by atoms with Crippen LogP contribution in [0.15, 0.2) is 12.3 Å². The van der Waals surface area contributed by atoms with E-state index in [9.17, 15) is 22.8 Å². The highest BCUT2D eigenvalue weighted by Gasteiger charge is 2.48. The molecule has 0 aromatic carbocycles. The zero-order valence-electron chi connectivity index (χ0n) is 10.9. The lowest BCUT2D eigenvalue weighted by atomic mass is 10.2. The van der Waals surface area contributed by atoms with E-state index in [1.807, 2.05) is 0 Å². The number of aliphatic carboxylic acids is 1. The van der Waals surface area contributed by atoms with Crippen LogP contribution in [0.3, 0.4) is 0 Å². The molecule has 1 aliphatic carbocycles. The molecule has 120 valence electrons. The summed E-state index contributed by atoms with van der Waals surface area (Å²) in [4.78, 5) is 25.7. The third-order valence-corrected chi connectivity index (χ3v) is 3.48. The number of hydrazine groups is 1. The molecule has 3 N–H and O–H groups in total. The molecule has 1 aromatic heterocycles. The number of nitrogens with zero attached hydrogens (tertiary/aromatic N) is 1. The normalized spacial score (nSPS) is 20.5. The van der Waals surface area contributed by atoms with Crippen LogP contribution in [0.25, 0.3) is 0 Å². The fourth-order valence-corrected chi connectivity index (χ4v) is 2.05. The number of halogens is 4. The molecule has 0 aliphatic heterocycles. The molecule has 1 heterocycles. The van der Waals surface area contributed by atoms with E-state index in [4.69, 9.17) is 16.7 Å². The minimum Gasteiger partial charge on any atom is -0.481 e. The van der Waals surface area contributed by atoms with Gasteiger partial charge in [-0.3, -0.25) is 20.0 Å². The van der Waals surface area contributed by atoms with E-state index in [2.05, 4.69) is 15.8 Å². The standard InChI is InChI=1S/C12H11ClF3N3O3/c13-8-1-5(12(14,15)16)3-17-9(8)4-18-19-10(20)6-2-7(6)11(21)22/h1,3,6-7,18H,2,4H2,(H,19,20)(H,21,22). The van der Waals surface area contributed by atoms with Gasteiger partial charge >= 0.3 is 12.1 Å². The van der Waals surface area contributed by atoms with Gasteiger partial charge in [0.25, 0.3) is 0 Å². The number of nitrogens with one attached hydrogen (secondary N) is 2. The van der Waals surface area contributed by atoms with Gasteiger partial charge in [0.2, 0.25) is 5.91 Å². The molecular formula is C12H11ClF3N3O3. The zero-order chi connectivity index (χ0) is 16.5. The van der Waals surface area contributed by atoms with Gasteiger partial charge in [-0.2, -0.15) is 13.2 Å². The Bertz CT molecular complexity index is 609. The topological polar surface area (TPSA) is 91.3 Å². The number of carboxylic acids is 1. The number of pyridine rings is 1. The molecule has 1 amide bonds. The van der Waals surface area contributed by atoms with Crippen LogP contribution in [0.2, 0.25) is 5.02 Å². The highest BCUT2D eigenvalue weighted by molar-refractivity contribution is 6.31. The lowest BCUT2D eigenvalue weighted by Gasteiger charge is -2.10. The number of hydrogen-bond donors (Lipinski definition) is 3. The van der Waals surface area contributed by atoms with Crippen molar-refractivity contribution in [3.8, 4) is 0 Å². The van der Waals surface area contributed by atoms with Gasteiger partial charge in [0.05, 0.1) is 34.7 Å². The van der Waals surface area contributed by atoms with Crippen molar-refractivity contribution < 1.29 is 27.9 Å². The summed E-state index contributed by atoms with van der Waals surface area (Å²) in [7, 11) is 0. The predicted molar refractivity (Wildman–Crippen MR) is 68.5 cm³/mol. The predicted octanol–water partition coefficient (Wildman–Crippen LogP) is 1.60. The number of rotatable bonds is 5. The minimum absolute atomic E-state index is 0.0901. The molecule has 0 spiro atoms. The van der Waals surface area contributed by atoms with Crippen LogP contribution >= 0.6 is 11.6 Å². The Labute approximate surface area is 127 Å². The summed E-state index contributed by atoms with van der Waals surface area (Å²) in [6.07, 6.45) is -3.62. The fourth-order valence-electron chi connectivity index (χ4n) is 1.82. The van der Waals surface area contributed by atoms with Gasteiger partial charge in [-0.1, -0.05) is 11.6 Å². The zero-order valence-corrected chi connectivity index (χ0v) is 11.7. The second-order valence-corrected chi connectivity index (χ2v) is 5.19. The maximum atomic E-state index is 12.4. The first-order valence-electron chi connectivity index (χ1n) is 6.17. The molecule has 1 aliphatic rings. The van der Waals surface area contributed by atoms with Crippen molar-refractivity contribution >= 4 is 23.5 Å². The summed E-state index contributed by atoms with van der Waals surface area (Å²) in [6.45, 7) is -0.0901. The van der Waals surface area contributed by atoms with Crippen molar-refractivity contribution in [1.82, 2.24) is 15.8 Å². The van der Waals surface area contributed by atoms with Crippen molar-refractivity contribution in [2.45, 2.75) is 19.1 Å². The molecule has 22 heavy (non-hydrogen) atoms. The Hall–Kier alpha value is -1.87. The molecule has 1 fully saturated rings. The Balaban J connectivity index is 1.85. The van der Waals surface area contributed by atoms with E-state index in [0.29, 0.717) is 6.20 Å². The van der Waals surface area contributed by atoms with E-state index in [1.165, 1.54) is 0 Å². The van der Waals surface area contributed by atoms with E-state index < -0.39 is 35.5 Å². The van der Waals surface area contributed by atoms with E-state index in [-0.39, 0.29) is 23.7 Å². The number of alkyl halides is 3. The number of amides is 1. The highest BCUT2D eigenvalue weighted by atomic mass is 35.5. The number of carboxylic acid groups (broad SMARTS) is 1. The maximum absolute atomic E-state index is 12.4. The van der Waals surface area contributed by atoms with Crippen LogP contribution in [0, 0.1) is 11.8 Å². The quantitative estimate of drug-likeness (QED) is 0.710. The van der Waals surface area contributed by atoms with Crippen LogP contribution in [0.4, 0.5) is 13.2 Å². The third-order valence-electron chi connectivity index (χ3n) is 3.16. The summed E-state index contributed by atoms with van der Waals surface area (Å²) in [6, 6.07) is 0.745. The molecule has 2 unspecified atom stereocenters. The molecule has 2 atom stereocenters. The van der Waals surface area contributed by atoms with Gasteiger partial charge in [-0.25, -0.2) is 5.43 Å². The average Bonchev–Trinajstić information content (AvgIpc) is 3.19. The lowest BCUT2D eigenvalue weighted by Crippen LogP contribution is -2.38. The molecule has 2 rings (SSSR count). The van der Waals surface area contributed by atoms with Crippen LogP contribution in [-0.2, 0) is 22.3 Å². The third kappa shape index (κ3) is 3.86. The first-order chi connectivity index (χ1) is 10.2. The van der Waals surface area contributed by atoms with Crippen molar-refractivity contribution in [3.63, 3.8) is 0 Å². The highest BCUT2D eigenvalue weighted by Crippen LogP contribution is 2.38. The maximum Gasteiger partial charge on any atom is 0.417 e. The SMILES string of the molecule is O=C(O)C1CC1C(=O)NNCc1ncc(C(F)(F)F)cc1Cl. The van der Waals surface area contributed by atoms with Gasteiger partial charge in [-0.15, -0.1) is 0 Å². The number of hydrogen-bond acceptors (Lipinski definition) is 4. The Morgan fingerprint density at radius 3 is 2.59 bits per heavy atom. The summed E-state index contributed by atoms with van der Waals surface area (Å²) >= 11 is 5.70. The molecule has 0 bridgehead atoms. The van der Waals surface area contributed by atoms with Gasteiger partial charge in [0, 0.05) is 6.20 Å². The summed E-state index contributed by atoms with van der Waals surface area (Å²) < 4.78 is 37.3. The molecule has 1 saturated carbocycles. The van der Waals surface area contributed by atoms with E-state index in [1.54, 1.807) is 0 Å². The van der Waals surface area contributed by atoms with Gasteiger partial charge in [0.15, 0.2) is 0 Å². The molecule has 0 radical (unpaired) electrons. The van der Waals surface area contributed by atoms with Crippen molar-refractivity contribution in [2.75, 3.05) is 0 Å². The first kappa shape index (κ1) is 16.5. The molecule has 0 saturated heterocycles. The second-order valence-electron chi connectivity index (χ2n) is 4.78. The first-order valence-corrected chi connectivity index (χ1v) is 6.55. The van der Waals surface area contributed by atoms with Crippen LogP contribution in [0.5, 0.6) is 0 Å². The van der Waals surface area contributed by atoms with Crippen molar-refractivity contribution in [3.05, 3.63) is 28.5 Å². The van der Waals surface area contributed by atoms with Gasteiger partial charge < -0.3 is 5.11 Å². The molecule has 10 heteroatoms. The smallest absolute Gasteiger partial charge is 0.417 e. The van der Waals surface area contributed by atoms with Crippen LogP contribution in [-0.4, -0.2) is 22.0 Å². The largest absolute Gasteiger partial charge is 0.481 e. The van der Waals surface area contributed by atoms with Gasteiger partial charge in [-0.05, 0) is 12.5 Å². The van der Waals surface area contributed by atoms with Crippen LogP contribution in [0.1, 0.15) is 17.7 Å². The number of aromatic nitrogens is 1. The number of carbonyl (C=O) groups excluding carboxylic acids is 1. The summed E-state index contributed by atoms with van der Waals surface area (Å²) in [5.74, 6) is -2.81. The van der Waals surface area contributed by atoms with E-state index >= 15 is 0 Å². The van der Waals surface area contributed by atoms with Crippen LogP contribution < -0.4 is 10.9 Å². The summed E-state index contributed by atoms with van der Waals surface area (Å²) in [5, 5.41) is 8.50.